The Labute approximate surface area is 129 Å². The van der Waals surface area contributed by atoms with Crippen LogP contribution in [0.25, 0.3) is 10.9 Å². The number of nitrogens with zero attached hydrogens (tertiary/aromatic N) is 2. The molecule has 0 spiro atoms. The minimum atomic E-state index is -1.01. The van der Waals surface area contributed by atoms with Gasteiger partial charge in [0.25, 0.3) is 0 Å². The van der Waals surface area contributed by atoms with E-state index < -0.39 is 5.97 Å². The molecule has 0 fully saturated rings. The summed E-state index contributed by atoms with van der Waals surface area (Å²) in [6, 6.07) is 7.39. The van der Waals surface area contributed by atoms with Crippen molar-refractivity contribution in [1.82, 2.24) is 9.97 Å². The van der Waals surface area contributed by atoms with Gasteiger partial charge < -0.3 is 10.4 Å². The number of thiazole rings is 1. The number of aromatic carboxylic acids is 1. The van der Waals surface area contributed by atoms with E-state index in [1.54, 1.807) is 17.6 Å². The van der Waals surface area contributed by atoms with Crippen LogP contribution in [0.5, 0.6) is 0 Å². The number of aromatic nitrogens is 2. The molecule has 21 heavy (non-hydrogen) atoms. The van der Waals surface area contributed by atoms with Crippen molar-refractivity contribution in [2.75, 3.05) is 5.32 Å². The summed E-state index contributed by atoms with van der Waals surface area (Å²) in [6.45, 7) is 0.428. The van der Waals surface area contributed by atoms with Gasteiger partial charge in [0.2, 0.25) is 5.01 Å². The first-order valence-corrected chi connectivity index (χ1v) is 7.35. The Balaban J connectivity index is 1.85. The van der Waals surface area contributed by atoms with Crippen LogP contribution in [0.15, 0.2) is 35.8 Å². The van der Waals surface area contributed by atoms with E-state index in [1.165, 1.54) is 0 Å². The predicted molar refractivity (Wildman–Crippen MR) is 83.2 cm³/mol. The van der Waals surface area contributed by atoms with Gasteiger partial charge in [0.15, 0.2) is 0 Å². The molecule has 0 aliphatic carbocycles. The standard InChI is InChI=1S/C14H10ClN3O2S/c15-10-3-4-11(12-9(10)2-1-5-16-12)17-6-8-7-21-13(18-8)14(19)20/h1-5,7,17H,6H2,(H,19,20). The lowest BCUT2D eigenvalue weighted by Crippen LogP contribution is -2.02. The quantitative estimate of drug-likeness (QED) is 0.767. The van der Waals surface area contributed by atoms with Crippen LogP contribution in [0.2, 0.25) is 5.02 Å². The molecule has 3 rings (SSSR count). The van der Waals surface area contributed by atoms with Crippen molar-refractivity contribution in [3.8, 4) is 0 Å². The van der Waals surface area contributed by atoms with Gasteiger partial charge in [0, 0.05) is 17.0 Å². The van der Waals surface area contributed by atoms with Crippen molar-refractivity contribution in [2.45, 2.75) is 6.54 Å². The fraction of sp³-hybridized carbons (Fsp3) is 0.0714. The molecule has 0 saturated carbocycles. The molecule has 0 saturated heterocycles. The van der Waals surface area contributed by atoms with E-state index in [0.29, 0.717) is 17.3 Å². The molecule has 0 aliphatic rings. The first kappa shape index (κ1) is 13.8. The summed E-state index contributed by atoms with van der Waals surface area (Å²) in [5, 5.41) is 15.4. The summed E-state index contributed by atoms with van der Waals surface area (Å²) in [6.07, 6.45) is 1.70. The molecule has 1 aromatic carbocycles. The fourth-order valence-corrected chi connectivity index (χ4v) is 2.82. The number of halogens is 1. The van der Waals surface area contributed by atoms with Crippen LogP contribution in [0.3, 0.4) is 0 Å². The van der Waals surface area contributed by atoms with Gasteiger partial charge in [-0.1, -0.05) is 11.6 Å². The number of hydrogen-bond donors (Lipinski definition) is 2. The second-order valence-corrected chi connectivity index (χ2v) is 5.56. The van der Waals surface area contributed by atoms with Crippen molar-refractivity contribution < 1.29 is 9.90 Å². The number of anilines is 1. The third-order valence-corrected chi connectivity index (χ3v) is 4.12. The molecule has 5 nitrogen and oxygen atoms in total. The Hall–Kier alpha value is -2.18. The molecule has 106 valence electrons. The van der Waals surface area contributed by atoms with Gasteiger partial charge in [-0.05, 0) is 24.3 Å². The van der Waals surface area contributed by atoms with Crippen LogP contribution >= 0.6 is 22.9 Å². The molecule has 2 heterocycles. The van der Waals surface area contributed by atoms with Crippen molar-refractivity contribution in [3.63, 3.8) is 0 Å². The minimum Gasteiger partial charge on any atom is -0.476 e. The molecule has 0 unspecified atom stereocenters. The zero-order valence-electron chi connectivity index (χ0n) is 10.7. The predicted octanol–water partition coefficient (Wildman–Crippen LogP) is 3.66. The number of benzene rings is 1. The smallest absolute Gasteiger partial charge is 0.365 e. The number of rotatable bonds is 4. The minimum absolute atomic E-state index is 0.0888. The summed E-state index contributed by atoms with van der Waals surface area (Å²) >= 11 is 7.25. The Morgan fingerprint density at radius 1 is 1.38 bits per heavy atom. The van der Waals surface area contributed by atoms with Crippen molar-refractivity contribution >= 4 is 45.5 Å². The van der Waals surface area contributed by atoms with E-state index in [0.717, 1.165) is 27.9 Å². The number of fused-ring (bicyclic) bond motifs is 1. The molecule has 0 atom stereocenters. The molecule has 0 amide bonds. The highest BCUT2D eigenvalue weighted by molar-refractivity contribution is 7.11. The highest BCUT2D eigenvalue weighted by atomic mass is 35.5. The van der Waals surface area contributed by atoms with Crippen molar-refractivity contribution in [2.24, 2.45) is 0 Å². The molecule has 3 aromatic rings. The average Bonchev–Trinajstić information content (AvgIpc) is 2.96. The van der Waals surface area contributed by atoms with Crippen LogP contribution in [-0.4, -0.2) is 21.0 Å². The average molecular weight is 320 g/mol. The summed E-state index contributed by atoms with van der Waals surface area (Å²) in [5.41, 5.74) is 2.29. The van der Waals surface area contributed by atoms with E-state index in [-0.39, 0.29) is 5.01 Å². The second-order valence-electron chi connectivity index (χ2n) is 4.30. The van der Waals surface area contributed by atoms with E-state index in [2.05, 4.69) is 15.3 Å². The summed E-state index contributed by atoms with van der Waals surface area (Å²) in [7, 11) is 0. The van der Waals surface area contributed by atoms with Gasteiger partial charge in [-0.3, -0.25) is 4.98 Å². The lowest BCUT2D eigenvalue weighted by atomic mass is 10.2. The number of carboxylic acid groups (broad SMARTS) is 1. The number of pyridine rings is 1. The first-order valence-electron chi connectivity index (χ1n) is 6.10. The van der Waals surface area contributed by atoms with Gasteiger partial charge >= 0.3 is 5.97 Å². The molecule has 0 bridgehead atoms. The number of hydrogen-bond acceptors (Lipinski definition) is 5. The van der Waals surface area contributed by atoms with Crippen LogP contribution in [0.4, 0.5) is 5.69 Å². The molecule has 2 aromatic heterocycles. The summed E-state index contributed by atoms with van der Waals surface area (Å²) in [5.74, 6) is -1.01. The topological polar surface area (TPSA) is 75.1 Å². The van der Waals surface area contributed by atoms with Crippen LogP contribution in [0, 0.1) is 0 Å². The maximum Gasteiger partial charge on any atom is 0.365 e. The maximum atomic E-state index is 10.8. The highest BCUT2D eigenvalue weighted by Gasteiger charge is 2.10. The third-order valence-electron chi connectivity index (χ3n) is 2.91. The zero-order valence-corrected chi connectivity index (χ0v) is 12.3. The Morgan fingerprint density at radius 3 is 3.00 bits per heavy atom. The number of carboxylic acids is 1. The van der Waals surface area contributed by atoms with E-state index in [1.807, 2.05) is 18.2 Å². The largest absolute Gasteiger partial charge is 0.476 e. The first-order chi connectivity index (χ1) is 10.1. The molecular weight excluding hydrogens is 310 g/mol. The fourth-order valence-electron chi connectivity index (χ4n) is 1.95. The van der Waals surface area contributed by atoms with Crippen molar-refractivity contribution in [3.05, 3.63) is 51.6 Å². The number of carbonyl (C=O) groups is 1. The SMILES string of the molecule is O=C(O)c1nc(CNc2ccc(Cl)c3cccnc23)cs1. The third kappa shape index (κ3) is 2.81. The molecule has 0 radical (unpaired) electrons. The Kier molecular flexibility index (Phi) is 3.72. The van der Waals surface area contributed by atoms with Gasteiger partial charge in [-0.25, -0.2) is 9.78 Å². The van der Waals surface area contributed by atoms with Crippen LogP contribution in [0.1, 0.15) is 15.5 Å². The normalized spacial score (nSPS) is 10.7. The Bertz CT molecular complexity index is 819. The summed E-state index contributed by atoms with van der Waals surface area (Å²) in [4.78, 5) is 19.2. The second kappa shape index (κ2) is 5.67. The molecule has 0 aliphatic heterocycles. The van der Waals surface area contributed by atoms with Gasteiger partial charge in [0.05, 0.1) is 28.5 Å². The maximum absolute atomic E-state index is 10.8. The molecule has 7 heteroatoms. The monoisotopic (exact) mass is 319 g/mol. The van der Waals surface area contributed by atoms with Gasteiger partial charge in [-0.15, -0.1) is 11.3 Å². The molecular formula is C14H10ClN3O2S. The lowest BCUT2D eigenvalue weighted by molar-refractivity contribution is 0.0696. The van der Waals surface area contributed by atoms with Gasteiger partial charge in [0.1, 0.15) is 0 Å². The van der Waals surface area contributed by atoms with E-state index >= 15 is 0 Å². The zero-order chi connectivity index (χ0) is 14.8. The summed E-state index contributed by atoms with van der Waals surface area (Å²) < 4.78 is 0. The number of nitrogens with one attached hydrogen (secondary N) is 1. The van der Waals surface area contributed by atoms with Gasteiger partial charge in [-0.2, -0.15) is 0 Å². The van der Waals surface area contributed by atoms with E-state index in [4.69, 9.17) is 16.7 Å². The van der Waals surface area contributed by atoms with E-state index in [9.17, 15) is 4.79 Å². The van der Waals surface area contributed by atoms with Crippen molar-refractivity contribution in [1.29, 1.82) is 0 Å². The highest BCUT2D eigenvalue weighted by Crippen LogP contribution is 2.28. The lowest BCUT2D eigenvalue weighted by Gasteiger charge is -2.08. The molecule has 2 N–H and O–H groups in total. The van der Waals surface area contributed by atoms with Crippen LogP contribution in [-0.2, 0) is 6.54 Å². The van der Waals surface area contributed by atoms with Crippen LogP contribution < -0.4 is 5.32 Å². The Morgan fingerprint density at radius 2 is 2.24 bits per heavy atom.